The number of nitrogens with one attached hydrogen (secondary N) is 2. The SMILES string of the molecule is Cc1cccc(NS(=O)(=O)c2ccc(Cl)c(C(=O)Nc3nnc(C(F)(F)F)s3)c2)c1. The number of nitrogens with zero attached hydrogens (tertiary/aromatic N) is 2. The molecular weight excluding hydrogens is 465 g/mol. The lowest BCUT2D eigenvalue weighted by Crippen LogP contribution is -2.16. The van der Waals surface area contributed by atoms with Gasteiger partial charge in [0.2, 0.25) is 10.1 Å². The molecule has 0 saturated heterocycles. The van der Waals surface area contributed by atoms with Crippen LogP contribution >= 0.6 is 22.9 Å². The molecule has 0 saturated carbocycles. The fraction of sp³-hybridized carbons (Fsp3) is 0.118. The Balaban J connectivity index is 1.85. The summed E-state index contributed by atoms with van der Waals surface area (Å²) >= 11 is 6.11. The zero-order valence-electron chi connectivity index (χ0n) is 15.0. The second-order valence-corrected chi connectivity index (χ2v) is 9.05. The zero-order chi connectivity index (χ0) is 22.1. The standard InChI is InChI=1S/C17H12ClF3N4O3S2/c1-9-3-2-4-10(7-9)25-30(27,28)11-5-6-13(18)12(8-11)14(26)22-16-24-23-15(29-16)17(19,20)21/h2-8,25H,1H3,(H,22,24,26). The monoisotopic (exact) mass is 476 g/mol. The van der Waals surface area contributed by atoms with E-state index in [1.54, 1.807) is 31.2 Å². The van der Waals surface area contributed by atoms with Crippen molar-refractivity contribution in [2.45, 2.75) is 18.0 Å². The van der Waals surface area contributed by atoms with Crippen LogP contribution in [0.2, 0.25) is 5.02 Å². The highest BCUT2D eigenvalue weighted by Gasteiger charge is 2.36. The maximum absolute atomic E-state index is 12.6. The second kappa shape index (κ2) is 8.20. The van der Waals surface area contributed by atoms with Crippen molar-refractivity contribution in [3.05, 3.63) is 63.6 Å². The predicted molar refractivity (Wildman–Crippen MR) is 106 cm³/mol. The third-order valence-corrected chi connectivity index (χ3v) is 6.24. The van der Waals surface area contributed by atoms with Gasteiger partial charge in [-0.05, 0) is 42.8 Å². The molecule has 2 aromatic carbocycles. The fourth-order valence-electron chi connectivity index (χ4n) is 2.32. The van der Waals surface area contributed by atoms with Crippen LogP contribution in [-0.2, 0) is 16.2 Å². The summed E-state index contributed by atoms with van der Waals surface area (Å²) in [6, 6.07) is 10.1. The van der Waals surface area contributed by atoms with Crippen LogP contribution in [0.15, 0.2) is 47.4 Å². The first-order chi connectivity index (χ1) is 14.0. The second-order valence-electron chi connectivity index (χ2n) is 5.98. The first-order valence-corrected chi connectivity index (χ1v) is 10.7. The summed E-state index contributed by atoms with van der Waals surface area (Å²) in [6.07, 6.45) is -4.70. The summed E-state index contributed by atoms with van der Waals surface area (Å²) in [4.78, 5) is 12.2. The third kappa shape index (κ3) is 5.07. The van der Waals surface area contributed by atoms with Gasteiger partial charge in [-0.2, -0.15) is 13.2 Å². The average Bonchev–Trinajstić information content (AvgIpc) is 3.10. The average molecular weight is 477 g/mol. The fourth-order valence-corrected chi connectivity index (χ4v) is 4.21. The van der Waals surface area contributed by atoms with Crippen molar-refractivity contribution in [3.8, 4) is 0 Å². The Morgan fingerprint density at radius 3 is 2.50 bits per heavy atom. The highest BCUT2D eigenvalue weighted by Crippen LogP contribution is 2.33. The Hall–Kier alpha value is -2.70. The van der Waals surface area contributed by atoms with Gasteiger partial charge in [0.15, 0.2) is 0 Å². The van der Waals surface area contributed by atoms with Crippen LogP contribution in [0.25, 0.3) is 0 Å². The summed E-state index contributed by atoms with van der Waals surface area (Å²) in [7, 11) is -4.05. The number of carbonyl (C=O) groups is 1. The van der Waals surface area contributed by atoms with Gasteiger partial charge in [0, 0.05) is 5.69 Å². The molecule has 0 aliphatic rings. The van der Waals surface area contributed by atoms with Crippen molar-refractivity contribution < 1.29 is 26.4 Å². The quantitative estimate of drug-likeness (QED) is 0.561. The van der Waals surface area contributed by atoms with Gasteiger partial charge < -0.3 is 0 Å². The number of hydrogen-bond donors (Lipinski definition) is 2. The minimum atomic E-state index is -4.70. The van der Waals surface area contributed by atoms with Crippen molar-refractivity contribution in [1.82, 2.24) is 10.2 Å². The van der Waals surface area contributed by atoms with Crippen LogP contribution in [0.3, 0.4) is 0 Å². The molecule has 2 N–H and O–H groups in total. The van der Waals surface area contributed by atoms with Crippen molar-refractivity contribution in [2.24, 2.45) is 0 Å². The van der Waals surface area contributed by atoms with E-state index in [1.165, 1.54) is 12.1 Å². The van der Waals surface area contributed by atoms with Crippen molar-refractivity contribution in [3.63, 3.8) is 0 Å². The van der Waals surface area contributed by atoms with Gasteiger partial charge in [-0.1, -0.05) is 35.1 Å². The summed E-state index contributed by atoms with van der Waals surface area (Å²) < 4.78 is 65.5. The van der Waals surface area contributed by atoms with E-state index in [4.69, 9.17) is 11.6 Å². The van der Waals surface area contributed by atoms with Gasteiger partial charge in [-0.3, -0.25) is 14.8 Å². The van der Waals surface area contributed by atoms with Gasteiger partial charge in [-0.15, -0.1) is 10.2 Å². The molecule has 158 valence electrons. The molecule has 0 atom stereocenters. The lowest BCUT2D eigenvalue weighted by Gasteiger charge is -2.11. The number of amides is 1. The van der Waals surface area contributed by atoms with Gasteiger partial charge in [0.1, 0.15) is 0 Å². The molecule has 0 bridgehead atoms. The summed E-state index contributed by atoms with van der Waals surface area (Å²) in [6.45, 7) is 1.79. The Morgan fingerprint density at radius 1 is 1.13 bits per heavy atom. The molecule has 0 unspecified atom stereocenters. The number of aryl methyl sites for hydroxylation is 1. The zero-order valence-corrected chi connectivity index (χ0v) is 17.4. The predicted octanol–water partition coefficient (Wildman–Crippen LogP) is 4.57. The lowest BCUT2D eigenvalue weighted by atomic mass is 10.2. The van der Waals surface area contributed by atoms with E-state index in [0.717, 1.165) is 11.6 Å². The van der Waals surface area contributed by atoms with Crippen LogP contribution in [0, 0.1) is 6.92 Å². The molecule has 0 radical (unpaired) electrons. The number of aromatic nitrogens is 2. The summed E-state index contributed by atoms with van der Waals surface area (Å²) in [5.41, 5.74) is 0.902. The van der Waals surface area contributed by atoms with Crippen LogP contribution < -0.4 is 10.0 Å². The van der Waals surface area contributed by atoms with Gasteiger partial charge in [0.25, 0.3) is 15.9 Å². The number of alkyl halides is 3. The molecule has 13 heteroatoms. The minimum Gasteiger partial charge on any atom is -0.296 e. The number of benzene rings is 2. The number of halogens is 4. The normalized spacial score (nSPS) is 11.9. The molecule has 0 aliphatic heterocycles. The molecule has 3 rings (SSSR count). The van der Waals surface area contributed by atoms with Crippen LogP contribution in [0.4, 0.5) is 24.0 Å². The number of sulfonamides is 1. The Kier molecular flexibility index (Phi) is 6.01. The highest BCUT2D eigenvalue weighted by atomic mass is 35.5. The van der Waals surface area contributed by atoms with Crippen LogP contribution in [0.5, 0.6) is 0 Å². The Morgan fingerprint density at radius 2 is 1.87 bits per heavy atom. The molecule has 0 fully saturated rings. The van der Waals surface area contributed by atoms with Crippen LogP contribution in [-0.4, -0.2) is 24.5 Å². The molecule has 3 aromatic rings. The molecule has 1 amide bonds. The Bertz CT molecular complexity index is 1210. The number of rotatable bonds is 5. The number of carbonyl (C=O) groups excluding carboxylic acids is 1. The van der Waals surface area contributed by atoms with E-state index in [9.17, 15) is 26.4 Å². The molecule has 1 heterocycles. The van der Waals surface area contributed by atoms with Gasteiger partial charge in [0.05, 0.1) is 15.5 Å². The van der Waals surface area contributed by atoms with E-state index < -0.39 is 32.2 Å². The highest BCUT2D eigenvalue weighted by molar-refractivity contribution is 7.92. The van der Waals surface area contributed by atoms with E-state index >= 15 is 0 Å². The smallest absolute Gasteiger partial charge is 0.296 e. The van der Waals surface area contributed by atoms with E-state index in [2.05, 4.69) is 20.2 Å². The summed E-state index contributed by atoms with van der Waals surface area (Å²) in [5, 5.41) is 6.61. The topological polar surface area (TPSA) is 101 Å². The van der Waals surface area contributed by atoms with Gasteiger partial charge in [-0.25, -0.2) is 8.42 Å². The maximum Gasteiger partial charge on any atom is 0.445 e. The lowest BCUT2D eigenvalue weighted by molar-refractivity contribution is -0.138. The van der Waals surface area contributed by atoms with E-state index in [-0.39, 0.29) is 26.8 Å². The molecule has 7 nitrogen and oxygen atoms in total. The molecule has 0 spiro atoms. The van der Waals surface area contributed by atoms with Crippen molar-refractivity contribution in [1.29, 1.82) is 0 Å². The van der Waals surface area contributed by atoms with Gasteiger partial charge >= 0.3 is 6.18 Å². The number of hydrogen-bond acceptors (Lipinski definition) is 6. The van der Waals surface area contributed by atoms with E-state index in [0.29, 0.717) is 5.69 Å². The number of anilines is 2. The largest absolute Gasteiger partial charge is 0.445 e. The first-order valence-electron chi connectivity index (χ1n) is 8.07. The molecule has 1 aromatic heterocycles. The van der Waals surface area contributed by atoms with Crippen molar-refractivity contribution in [2.75, 3.05) is 10.0 Å². The first kappa shape index (κ1) is 22.0. The Labute approximate surface area is 178 Å². The minimum absolute atomic E-state index is 0.0948. The molecular formula is C17H12ClF3N4O3S2. The maximum atomic E-state index is 12.6. The molecule has 30 heavy (non-hydrogen) atoms. The van der Waals surface area contributed by atoms with Crippen LogP contribution in [0.1, 0.15) is 20.9 Å². The summed E-state index contributed by atoms with van der Waals surface area (Å²) in [5.74, 6) is -0.933. The van der Waals surface area contributed by atoms with E-state index in [1.807, 2.05) is 0 Å². The third-order valence-electron chi connectivity index (χ3n) is 3.65. The van der Waals surface area contributed by atoms with Crippen molar-refractivity contribution >= 4 is 49.7 Å². The molecule has 0 aliphatic carbocycles.